The zero-order valence-electron chi connectivity index (χ0n) is 29.1. The minimum Gasteiger partial charge on any atom is -0.455 e. The Morgan fingerprint density at radius 3 is 2.31 bits per heavy atom. The van der Waals surface area contributed by atoms with E-state index in [9.17, 15) is 24.3 Å². The van der Waals surface area contributed by atoms with Gasteiger partial charge < -0.3 is 29.3 Å². The smallest absolute Gasteiger partial charge is 0.313 e. The van der Waals surface area contributed by atoms with Crippen molar-refractivity contribution in [3.63, 3.8) is 0 Å². The molecule has 1 N–H and O–H groups in total. The summed E-state index contributed by atoms with van der Waals surface area (Å²) in [4.78, 5) is 62.5. The third-order valence-corrected chi connectivity index (χ3v) is 10.9. The van der Waals surface area contributed by atoms with Gasteiger partial charge in [0.05, 0.1) is 30.7 Å². The first kappa shape index (κ1) is 34.6. The average molecular weight is 670 g/mol. The highest BCUT2D eigenvalue weighted by Gasteiger charge is 2.73. The molecule has 0 bridgehead atoms. The van der Waals surface area contributed by atoms with Crippen LogP contribution in [0.1, 0.15) is 56.4 Å². The van der Waals surface area contributed by atoms with Crippen molar-refractivity contribution in [3.8, 4) is 0 Å². The van der Waals surface area contributed by atoms with E-state index in [0.29, 0.717) is 12.0 Å². The predicted octanol–water partition coefficient (Wildman–Crippen LogP) is 4.29. The van der Waals surface area contributed by atoms with E-state index in [1.165, 1.54) is 4.90 Å². The molecule has 10 nitrogen and oxygen atoms in total. The second kappa shape index (κ2) is 13.6. The van der Waals surface area contributed by atoms with Crippen molar-refractivity contribution in [1.82, 2.24) is 9.80 Å². The average Bonchev–Trinajstić information content (AvgIpc) is 3.46. The number of carbonyl (C=O) groups excluding carboxylic acids is 4. The molecule has 260 valence electrons. The number of nitrogens with zero attached hydrogens (tertiary/aromatic N) is 3. The van der Waals surface area contributed by atoms with Crippen molar-refractivity contribution in [3.05, 3.63) is 89.5 Å². The SMILES string of the molecule is Cc1cccc(C)c1N1CC=C[C@@]23O[C@H]4/C=C\CCC(=O)N(C)[C@@H](C)[C@H](c5ccccc5)OC(=O)[C@H]4[C@@H]2C(=O)N([C@@H](CO)C(C)C)[C@H]3C1=O. The number of cyclic esters (lactones) is 1. The molecule has 6 rings (SSSR count). The number of aliphatic hydroxyl groups excluding tert-OH is 1. The van der Waals surface area contributed by atoms with Gasteiger partial charge in [-0.15, -0.1) is 0 Å². The van der Waals surface area contributed by atoms with Crippen LogP contribution in [0.2, 0.25) is 0 Å². The summed E-state index contributed by atoms with van der Waals surface area (Å²) >= 11 is 0. The van der Waals surface area contributed by atoms with E-state index in [4.69, 9.17) is 9.47 Å². The highest BCUT2D eigenvalue weighted by atomic mass is 16.6. The van der Waals surface area contributed by atoms with Crippen LogP contribution in [-0.2, 0) is 28.7 Å². The fraction of sp³-hybridized carbons (Fsp3) is 0.487. The van der Waals surface area contributed by atoms with E-state index in [1.54, 1.807) is 29.0 Å². The fourth-order valence-corrected chi connectivity index (χ4v) is 8.24. The van der Waals surface area contributed by atoms with Crippen LogP contribution in [0.3, 0.4) is 0 Å². The number of anilines is 1. The Morgan fingerprint density at radius 2 is 1.65 bits per heavy atom. The molecule has 2 aromatic rings. The van der Waals surface area contributed by atoms with E-state index in [2.05, 4.69) is 0 Å². The van der Waals surface area contributed by atoms with Gasteiger partial charge in [0.1, 0.15) is 23.7 Å². The van der Waals surface area contributed by atoms with Gasteiger partial charge in [-0.3, -0.25) is 19.2 Å². The minimum atomic E-state index is -1.51. The number of likely N-dealkylation sites (tertiary alicyclic amines) is 1. The van der Waals surface area contributed by atoms with Crippen molar-refractivity contribution >= 4 is 29.4 Å². The molecule has 49 heavy (non-hydrogen) atoms. The van der Waals surface area contributed by atoms with Crippen molar-refractivity contribution in [2.75, 3.05) is 25.1 Å². The lowest BCUT2D eigenvalue weighted by Gasteiger charge is -2.40. The number of fused-ring (bicyclic) bond motifs is 2. The summed E-state index contributed by atoms with van der Waals surface area (Å²) in [7, 11) is 1.70. The summed E-state index contributed by atoms with van der Waals surface area (Å²) in [6, 6.07) is 12.7. The Balaban J connectivity index is 1.50. The number of aliphatic hydroxyl groups is 1. The number of carbonyl (C=O) groups is 4. The second-order valence-electron chi connectivity index (χ2n) is 14.2. The first-order chi connectivity index (χ1) is 23.4. The molecule has 2 saturated heterocycles. The van der Waals surface area contributed by atoms with Gasteiger partial charge in [-0.2, -0.15) is 0 Å². The highest BCUT2D eigenvalue weighted by molar-refractivity contribution is 6.06. The number of esters is 1. The molecule has 0 saturated carbocycles. The van der Waals surface area contributed by atoms with Crippen LogP contribution in [0.25, 0.3) is 0 Å². The Morgan fingerprint density at radius 1 is 0.959 bits per heavy atom. The molecule has 0 aromatic heterocycles. The molecule has 0 aliphatic carbocycles. The lowest BCUT2D eigenvalue weighted by Crippen LogP contribution is -2.59. The van der Waals surface area contributed by atoms with Gasteiger partial charge in [0.15, 0.2) is 0 Å². The number of para-hydroxylation sites is 1. The standard InChI is InChI=1S/C39H47N3O7/c1-23(2)28(22-43)42-35-37(46)41(33-24(3)14-12-15-25(33)4)21-13-20-39(35)32(36(42)45)31-29(49-39)18-10-11-19-30(44)40(6)26(5)34(48-38(31)47)27-16-8-7-9-17-27/h7-10,12-18,20,23,26,28-29,31-32,34-35,43H,11,19,21-22H2,1-6H3/b18-10-/t26-,28-,29-,31+,32+,34+,35-,39+/m0/s1. The molecule has 4 heterocycles. The Bertz CT molecular complexity index is 1650. The summed E-state index contributed by atoms with van der Waals surface area (Å²) in [5.41, 5.74) is 1.78. The lowest BCUT2D eigenvalue weighted by atomic mass is 9.77. The number of benzene rings is 2. The molecular formula is C39H47N3O7. The molecule has 10 heteroatoms. The number of amides is 3. The van der Waals surface area contributed by atoms with Crippen LogP contribution >= 0.6 is 0 Å². The number of rotatable bonds is 5. The number of aryl methyl sites for hydroxylation is 2. The first-order valence-corrected chi connectivity index (χ1v) is 17.3. The first-order valence-electron chi connectivity index (χ1n) is 17.3. The molecule has 0 unspecified atom stereocenters. The van der Waals surface area contributed by atoms with Crippen molar-refractivity contribution in [2.45, 2.75) is 83.4 Å². The summed E-state index contributed by atoms with van der Waals surface area (Å²) in [5, 5.41) is 10.7. The molecule has 0 radical (unpaired) electrons. The van der Waals surface area contributed by atoms with Gasteiger partial charge in [0, 0.05) is 25.7 Å². The van der Waals surface area contributed by atoms with Crippen LogP contribution in [0.5, 0.6) is 0 Å². The fourth-order valence-electron chi connectivity index (χ4n) is 8.24. The summed E-state index contributed by atoms with van der Waals surface area (Å²) < 4.78 is 13.2. The molecule has 1 spiro atoms. The van der Waals surface area contributed by atoms with E-state index < -0.39 is 59.6 Å². The van der Waals surface area contributed by atoms with E-state index >= 15 is 0 Å². The van der Waals surface area contributed by atoms with Crippen LogP contribution in [0, 0.1) is 31.6 Å². The summed E-state index contributed by atoms with van der Waals surface area (Å²) in [5.74, 6) is -3.89. The van der Waals surface area contributed by atoms with Crippen LogP contribution in [0.4, 0.5) is 5.69 Å². The Labute approximate surface area is 288 Å². The maximum Gasteiger partial charge on any atom is 0.313 e. The van der Waals surface area contributed by atoms with Gasteiger partial charge in [0.2, 0.25) is 11.8 Å². The third-order valence-electron chi connectivity index (χ3n) is 10.9. The van der Waals surface area contributed by atoms with Gasteiger partial charge in [0.25, 0.3) is 5.91 Å². The zero-order chi connectivity index (χ0) is 35.2. The lowest BCUT2D eigenvalue weighted by molar-refractivity contribution is -0.164. The van der Waals surface area contributed by atoms with Gasteiger partial charge >= 0.3 is 5.97 Å². The normalized spacial score (nSPS) is 31.8. The molecule has 2 fully saturated rings. The predicted molar refractivity (Wildman–Crippen MR) is 184 cm³/mol. The Hall–Kier alpha value is -4.28. The largest absolute Gasteiger partial charge is 0.455 e. The van der Waals surface area contributed by atoms with Gasteiger partial charge in [-0.05, 0) is 49.8 Å². The maximum absolute atomic E-state index is 15.0. The highest BCUT2D eigenvalue weighted by Crippen LogP contribution is 2.54. The summed E-state index contributed by atoms with van der Waals surface area (Å²) in [6.45, 7) is 9.41. The van der Waals surface area contributed by atoms with E-state index in [1.807, 2.05) is 95.3 Å². The van der Waals surface area contributed by atoms with E-state index in [0.717, 1.165) is 16.8 Å². The number of hydrogen-bond donors (Lipinski definition) is 1. The molecule has 4 aliphatic heterocycles. The number of hydrogen-bond acceptors (Lipinski definition) is 7. The van der Waals surface area contributed by atoms with Crippen molar-refractivity contribution < 1.29 is 33.8 Å². The number of ether oxygens (including phenoxy) is 2. The van der Waals surface area contributed by atoms with Crippen LogP contribution in [0.15, 0.2) is 72.8 Å². The second-order valence-corrected chi connectivity index (χ2v) is 14.2. The molecule has 3 amide bonds. The molecule has 8 atom stereocenters. The molecular weight excluding hydrogens is 622 g/mol. The van der Waals surface area contributed by atoms with Gasteiger partial charge in [-0.1, -0.05) is 86.7 Å². The zero-order valence-corrected chi connectivity index (χ0v) is 29.1. The number of allylic oxidation sites excluding steroid dienone is 1. The van der Waals surface area contributed by atoms with Crippen LogP contribution < -0.4 is 4.90 Å². The topological polar surface area (TPSA) is 117 Å². The minimum absolute atomic E-state index is 0.0902. The van der Waals surface area contributed by atoms with Crippen molar-refractivity contribution in [1.29, 1.82) is 0 Å². The number of likely N-dealkylation sites (N-methyl/N-ethyl adjacent to an activating group) is 1. The summed E-state index contributed by atoms with van der Waals surface area (Å²) in [6.07, 6.45) is 6.11. The van der Waals surface area contributed by atoms with Gasteiger partial charge in [-0.25, -0.2) is 0 Å². The monoisotopic (exact) mass is 669 g/mol. The maximum atomic E-state index is 15.0. The quantitative estimate of drug-likeness (QED) is 0.373. The molecule has 4 aliphatic rings. The Kier molecular flexibility index (Phi) is 9.57. The van der Waals surface area contributed by atoms with E-state index in [-0.39, 0.29) is 37.3 Å². The molecule has 2 aromatic carbocycles. The van der Waals surface area contributed by atoms with Crippen LogP contribution in [-0.4, -0.2) is 88.6 Å². The van der Waals surface area contributed by atoms with Crippen molar-refractivity contribution in [2.24, 2.45) is 17.8 Å². The third kappa shape index (κ3) is 5.78.